The highest BCUT2D eigenvalue weighted by Gasteiger charge is 2.37. The topological polar surface area (TPSA) is 140 Å². The molecule has 3 aliphatic rings. The number of piperidine rings is 1. The number of carbonyl (C=O) groups excluding carboxylic acids is 1. The summed E-state index contributed by atoms with van der Waals surface area (Å²) in [7, 11) is 0. The van der Waals surface area contributed by atoms with Crippen LogP contribution in [0.5, 0.6) is 5.75 Å². The van der Waals surface area contributed by atoms with Crippen molar-refractivity contribution in [3.05, 3.63) is 54.4 Å². The van der Waals surface area contributed by atoms with Gasteiger partial charge >= 0.3 is 0 Å². The van der Waals surface area contributed by atoms with Gasteiger partial charge in [0.2, 0.25) is 5.95 Å². The molecule has 0 spiro atoms. The molecule has 6 rings (SSSR count). The summed E-state index contributed by atoms with van der Waals surface area (Å²) >= 11 is 0. The van der Waals surface area contributed by atoms with E-state index in [1.807, 2.05) is 12.1 Å². The van der Waals surface area contributed by atoms with Gasteiger partial charge < -0.3 is 29.7 Å². The number of aromatic nitrogens is 3. The number of nitrogens with zero attached hydrogens (tertiary/aromatic N) is 7. The molecule has 13 heteroatoms. The average Bonchev–Trinajstić information content (AvgIpc) is 3.03. The Bertz CT molecular complexity index is 1580. The zero-order valence-electron chi connectivity index (χ0n) is 26.2. The fourth-order valence-electron chi connectivity index (χ4n) is 6.30. The van der Waals surface area contributed by atoms with Gasteiger partial charge in [0, 0.05) is 55.1 Å². The number of piperazine rings is 1. The van der Waals surface area contributed by atoms with Crippen LogP contribution in [0.1, 0.15) is 32.8 Å². The lowest BCUT2D eigenvalue weighted by atomic mass is 10.0. The smallest absolute Gasteiger partial charge is 0.251 e. The maximum Gasteiger partial charge on any atom is 0.251 e. The summed E-state index contributed by atoms with van der Waals surface area (Å²) in [6, 6.07) is 16.6. The van der Waals surface area contributed by atoms with Crippen molar-refractivity contribution in [3.63, 3.8) is 0 Å². The predicted octanol–water partition coefficient (Wildman–Crippen LogP) is 3.15. The first kappa shape index (κ1) is 31.6. The van der Waals surface area contributed by atoms with Crippen LogP contribution in [-0.4, -0.2) is 112 Å². The zero-order chi connectivity index (χ0) is 32.4. The summed E-state index contributed by atoms with van der Waals surface area (Å²) in [5.41, 5.74) is 2.78. The third kappa shape index (κ3) is 6.74. The molecule has 3 aromatic rings. The van der Waals surface area contributed by atoms with E-state index in [1.54, 1.807) is 18.2 Å². The number of hydrogen-bond donors (Lipinski definition) is 2. The standard InChI is InChI=1S/C33H39FN8O4/c1-20-15-42(27-17-45-18-27)21(2)14-41(20)26-7-5-25(6-8-26)38-33-37-19-36-31(39-33)23-4-9-29(24(12-23)13-35)46-30-10-11-40(16-28(30)34)32(44)22(3)43/h4-9,12,19-22,27-28,30,43H,10-11,14-18H2,1-3H3,(H,36,37,38,39)/t20-,21+,22?,28+,30-/m0/s1. The third-order valence-corrected chi connectivity index (χ3v) is 8.94. The molecule has 0 bridgehead atoms. The lowest BCUT2D eigenvalue weighted by Gasteiger charge is -2.50. The van der Waals surface area contributed by atoms with E-state index in [9.17, 15) is 19.6 Å². The van der Waals surface area contributed by atoms with Gasteiger partial charge in [0.1, 0.15) is 30.4 Å². The lowest BCUT2D eigenvalue weighted by molar-refractivity contribution is -0.143. The van der Waals surface area contributed by atoms with Crippen LogP contribution in [0.2, 0.25) is 0 Å². The summed E-state index contributed by atoms with van der Waals surface area (Å²) < 4.78 is 26.2. The van der Waals surface area contributed by atoms with Crippen LogP contribution < -0.4 is 15.0 Å². The molecule has 1 aromatic heterocycles. The van der Waals surface area contributed by atoms with E-state index in [0.29, 0.717) is 35.5 Å². The van der Waals surface area contributed by atoms with Crippen LogP contribution in [0, 0.1) is 11.3 Å². The fourth-order valence-corrected chi connectivity index (χ4v) is 6.30. The van der Waals surface area contributed by atoms with Crippen LogP contribution >= 0.6 is 0 Å². The van der Waals surface area contributed by atoms with Crippen molar-refractivity contribution in [1.29, 1.82) is 5.26 Å². The third-order valence-electron chi connectivity index (χ3n) is 8.94. The van der Waals surface area contributed by atoms with Gasteiger partial charge in [-0.3, -0.25) is 9.69 Å². The first-order chi connectivity index (χ1) is 22.2. The monoisotopic (exact) mass is 630 g/mol. The summed E-state index contributed by atoms with van der Waals surface area (Å²) in [6.45, 7) is 9.59. The van der Waals surface area contributed by atoms with Gasteiger partial charge in [-0.25, -0.2) is 14.4 Å². The Balaban J connectivity index is 1.09. The minimum absolute atomic E-state index is 0.177. The second kappa shape index (κ2) is 13.5. The summed E-state index contributed by atoms with van der Waals surface area (Å²) in [6.07, 6.45) is -1.83. The van der Waals surface area contributed by atoms with Gasteiger partial charge in [-0.15, -0.1) is 0 Å². The van der Waals surface area contributed by atoms with Gasteiger partial charge in [0.15, 0.2) is 12.0 Å². The van der Waals surface area contributed by atoms with Gasteiger partial charge in [0.25, 0.3) is 5.91 Å². The Morgan fingerprint density at radius 3 is 2.59 bits per heavy atom. The van der Waals surface area contributed by atoms with Gasteiger partial charge in [-0.1, -0.05) is 0 Å². The molecule has 0 saturated carbocycles. The predicted molar refractivity (Wildman–Crippen MR) is 169 cm³/mol. The average molecular weight is 631 g/mol. The number of hydrogen-bond acceptors (Lipinski definition) is 11. The molecule has 2 aromatic carbocycles. The largest absolute Gasteiger partial charge is 0.486 e. The summed E-state index contributed by atoms with van der Waals surface area (Å²) in [4.78, 5) is 31.5. The first-order valence-electron chi connectivity index (χ1n) is 15.7. The molecular weight excluding hydrogens is 591 g/mol. The molecule has 2 N–H and O–H groups in total. The molecule has 5 atom stereocenters. The number of aliphatic hydroxyl groups excluding tert-OH is 1. The number of benzene rings is 2. The molecule has 3 saturated heterocycles. The second-order valence-electron chi connectivity index (χ2n) is 12.3. The molecule has 1 amide bonds. The molecule has 46 heavy (non-hydrogen) atoms. The van der Waals surface area contributed by atoms with Crippen molar-refractivity contribution >= 4 is 23.2 Å². The summed E-state index contributed by atoms with van der Waals surface area (Å²) in [5.74, 6) is 0.445. The maximum atomic E-state index is 14.9. The highest BCUT2D eigenvalue weighted by molar-refractivity contribution is 5.80. The molecular formula is C33H39FN8O4. The van der Waals surface area contributed by atoms with Crippen LogP contribution in [0.4, 0.5) is 21.7 Å². The van der Waals surface area contributed by atoms with E-state index in [1.165, 1.54) is 18.2 Å². The molecule has 242 valence electrons. The number of halogens is 1. The molecule has 0 aliphatic carbocycles. The minimum atomic E-state index is -1.46. The van der Waals surface area contributed by atoms with E-state index in [0.717, 1.165) is 37.7 Å². The SMILES string of the molecule is CC(O)C(=O)N1CC[C@H](Oc2ccc(-c3ncnc(Nc4ccc(N5C[C@@H](C)N(C6COC6)C[C@@H]5C)cc4)n3)cc2C#N)[C@H](F)C1. The van der Waals surface area contributed by atoms with E-state index in [4.69, 9.17) is 9.47 Å². The van der Waals surface area contributed by atoms with Gasteiger partial charge in [-0.2, -0.15) is 10.2 Å². The fraction of sp³-hybridized carbons (Fsp3) is 0.485. The molecule has 12 nitrogen and oxygen atoms in total. The van der Waals surface area contributed by atoms with Crippen molar-refractivity contribution in [2.45, 2.75) is 63.7 Å². The van der Waals surface area contributed by atoms with Crippen molar-refractivity contribution in [3.8, 4) is 23.2 Å². The number of rotatable bonds is 8. The van der Waals surface area contributed by atoms with Crippen LogP contribution in [-0.2, 0) is 9.53 Å². The van der Waals surface area contributed by atoms with Crippen molar-refractivity contribution < 1.29 is 23.8 Å². The lowest BCUT2D eigenvalue weighted by Crippen LogP contribution is -2.63. The van der Waals surface area contributed by atoms with E-state index >= 15 is 0 Å². The normalized spacial score (nSPS) is 24.5. The Hall–Kier alpha value is -4.38. The number of amides is 1. The second-order valence-corrected chi connectivity index (χ2v) is 12.3. The van der Waals surface area contributed by atoms with E-state index in [2.05, 4.69) is 62.1 Å². The summed E-state index contributed by atoms with van der Waals surface area (Å²) in [5, 5.41) is 22.6. The van der Waals surface area contributed by atoms with Gasteiger partial charge in [-0.05, 0) is 63.2 Å². The van der Waals surface area contributed by atoms with E-state index in [-0.39, 0.29) is 30.8 Å². The van der Waals surface area contributed by atoms with Crippen LogP contribution in [0.25, 0.3) is 11.4 Å². The Kier molecular flexibility index (Phi) is 9.30. The molecule has 1 unspecified atom stereocenters. The van der Waals surface area contributed by atoms with Crippen LogP contribution in [0.15, 0.2) is 48.8 Å². The number of nitrogens with one attached hydrogen (secondary N) is 1. The highest BCUT2D eigenvalue weighted by atomic mass is 19.1. The quantitative estimate of drug-likeness (QED) is 0.379. The highest BCUT2D eigenvalue weighted by Crippen LogP contribution is 2.30. The molecule has 0 radical (unpaired) electrons. The Morgan fingerprint density at radius 1 is 1.13 bits per heavy atom. The number of carbonyl (C=O) groups is 1. The number of likely N-dealkylation sites (tertiary alicyclic amines) is 1. The zero-order valence-corrected chi connectivity index (χ0v) is 26.2. The van der Waals surface area contributed by atoms with Crippen molar-refractivity contribution in [2.24, 2.45) is 0 Å². The Labute approximate surface area is 267 Å². The number of alkyl halides is 1. The number of anilines is 3. The van der Waals surface area contributed by atoms with Crippen LogP contribution in [0.3, 0.4) is 0 Å². The Morgan fingerprint density at radius 2 is 1.91 bits per heavy atom. The maximum absolute atomic E-state index is 14.9. The van der Waals surface area contributed by atoms with E-state index < -0.39 is 24.3 Å². The molecule has 3 fully saturated rings. The molecule has 3 aliphatic heterocycles. The number of aliphatic hydroxyl groups is 1. The number of ether oxygens (including phenoxy) is 2. The first-order valence-corrected chi connectivity index (χ1v) is 15.7. The minimum Gasteiger partial charge on any atom is -0.486 e. The van der Waals surface area contributed by atoms with Crippen molar-refractivity contribution in [1.82, 2.24) is 24.8 Å². The number of nitriles is 1. The van der Waals surface area contributed by atoms with Crippen molar-refractivity contribution in [2.75, 3.05) is 49.6 Å². The van der Waals surface area contributed by atoms with Gasteiger partial charge in [0.05, 0.1) is 31.4 Å². The molecule has 4 heterocycles.